The molecule has 0 radical (unpaired) electrons. The molecule has 4 nitrogen and oxygen atoms in total. The summed E-state index contributed by atoms with van der Waals surface area (Å²) in [5, 5.41) is 11.7. The molecule has 12 heteroatoms. The zero-order valence-electron chi connectivity index (χ0n) is 16.3. The van der Waals surface area contributed by atoms with Crippen LogP contribution in [0.2, 0.25) is 0 Å². The Balaban J connectivity index is 2.26. The molecule has 0 heterocycles. The molecule has 0 aliphatic carbocycles. The maximum atomic E-state index is 13.3. The van der Waals surface area contributed by atoms with E-state index in [9.17, 15) is 26.3 Å². The van der Waals surface area contributed by atoms with Gasteiger partial charge < -0.3 is 15.8 Å². The fourth-order valence-corrected chi connectivity index (χ4v) is 2.94. The van der Waals surface area contributed by atoms with Crippen LogP contribution in [0.4, 0.5) is 26.3 Å². The summed E-state index contributed by atoms with van der Waals surface area (Å²) < 4.78 is 83.4. The summed E-state index contributed by atoms with van der Waals surface area (Å²) in [6.45, 7) is 0.897. The molecule has 0 spiro atoms. The topological polar surface area (TPSA) is 71.1 Å². The second-order valence-electron chi connectivity index (χ2n) is 6.83. The van der Waals surface area contributed by atoms with Gasteiger partial charge in [-0.05, 0) is 37.3 Å². The van der Waals surface area contributed by atoms with E-state index in [-0.39, 0.29) is 21.1 Å². The van der Waals surface area contributed by atoms with Crippen molar-refractivity contribution in [1.82, 2.24) is 5.32 Å². The molecule has 0 aliphatic heterocycles. The molecule has 170 valence electrons. The zero-order valence-corrected chi connectivity index (χ0v) is 17.9. The van der Waals surface area contributed by atoms with Crippen LogP contribution in [0.3, 0.4) is 0 Å². The van der Waals surface area contributed by atoms with Crippen molar-refractivity contribution in [2.45, 2.75) is 24.8 Å². The molecule has 0 saturated carbocycles. The minimum atomic E-state index is -4.74. The molecule has 2 rings (SSSR count). The lowest BCUT2D eigenvalue weighted by atomic mass is 10.0. The summed E-state index contributed by atoms with van der Waals surface area (Å²) in [5.41, 5.74) is 2.44. The highest BCUT2D eigenvalue weighted by molar-refractivity contribution is 7.81. The lowest BCUT2D eigenvalue weighted by Crippen LogP contribution is -2.58. The smallest absolute Gasteiger partial charge is 0.419 e. The highest BCUT2D eigenvalue weighted by Crippen LogP contribution is 2.37. The van der Waals surface area contributed by atoms with E-state index in [2.05, 4.69) is 5.32 Å². The summed E-state index contributed by atoms with van der Waals surface area (Å²) >= 11 is 10.2. The molecular weight excluding hydrogens is 476 g/mol. The minimum Gasteiger partial charge on any atom is -0.490 e. The number of alkyl halides is 6. The van der Waals surface area contributed by atoms with Crippen LogP contribution in [0, 0.1) is 11.3 Å². The van der Waals surface area contributed by atoms with E-state index >= 15 is 0 Å². The van der Waals surface area contributed by atoms with Gasteiger partial charge in [0.05, 0.1) is 22.8 Å². The third-order valence-corrected chi connectivity index (χ3v) is 5.13. The molecule has 3 N–H and O–H groups in total. The molecule has 0 bridgehead atoms. The number of thiocarbonyl (C=S) groups is 2. The standard InChI is InChI=1S/C20H15F6N3OS2/c1-18(17(28)32,29-16(31)12-3-5-13(6-4-12)19(21,22)23)10-30-15-8-11(9-27)2-7-14(15)20(24,25)26/h2-8H,10H2,1H3,(H2,28,32)(H,29,31). The molecule has 0 amide bonds. The van der Waals surface area contributed by atoms with E-state index in [4.69, 9.17) is 40.2 Å². The largest absolute Gasteiger partial charge is 0.490 e. The van der Waals surface area contributed by atoms with Gasteiger partial charge >= 0.3 is 12.4 Å². The van der Waals surface area contributed by atoms with E-state index in [1.54, 1.807) is 6.07 Å². The Kier molecular flexibility index (Phi) is 7.36. The van der Waals surface area contributed by atoms with Crippen molar-refractivity contribution in [3.8, 4) is 11.8 Å². The van der Waals surface area contributed by atoms with Gasteiger partial charge in [0.1, 0.15) is 27.9 Å². The quantitative estimate of drug-likeness (QED) is 0.439. The monoisotopic (exact) mass is 491 g/mol. The van der Waals surface area contributed by atoms with Crippen molar-refractivity contribution in [3.05, 3.63) is 64.7 Å². The van der Waals surface area contributed by atoms with Crippen LogP contribution in [-0.4, -0.2) is 22.1 Å². The van der Waals surface area contributed by atoms with Crippen LogP contribution in [0.5, 0.6) is 5.75 Å². The summed E-state index contributed by atoms with van der Waals surface area (Å²) in [7, 11) is 0. The van der Waals surface area contributed by atoms with Gasteiger partial charge in [-0.3, -0.25) is 0 Å². The van der Waals surface area contributed by atoms with Crippen molar-refractivity contribution in [2.24, 2.45) is 5.73 Å². The Labute approximate surface area is 190 Å². The SMILES string of the molecule is CC(COc1cc(C#N)ccc1C(F)(F)F)(NC(=S)c1ccc(C(F)(F)F)cc1)C(N)=S. The highest BCUT2D eigenvalue weighted by atomic mass is 32.1. The molecule has 0 fully saturated rings. The maximum Gasteiger partial charge on any atom is 0.419 e. The number of hydrogen-bond donors (Lipinski definition) is 2. The number of nitrogens with two attached hydrogens (primary N) is 1. The first-order valence-electron chi connectivity index (χ1n) is 8.71. The van der Waals surface area contributed by atoms with Crippen LogP contribution in [-0.2, 0) is 12.4 Å². The molecule has 32 heavy (non-hydrogen) atoms. The van der Waals surface area contributed by atoms with Crippen LogP contribution in [0.15, 0.2) is 42.5 Å². The lowest BCUT2D eigenvalue weighted by Gasteiger charge is -2.31. The number of halogens is 6. The second kappa shape index (κ2) is 9.30. The Hall–Kier alpha value is -2.91. The van der Waals surface area contributed by atoms with Gasteiger partial charge in [-0.25, -0.2) is 0 Å². The Morgan fingerprint density at radius 2 is 1.62 bits per heavy atom. The summed E-state index contributed by atoms with van der Waals surface area (Å²) in [5.74, 6) is -0.610. The molecule has 1 unspecified atom stereocenters. The van der Waals surface area contributed by atoms with Gasteiger partial charge in [-0.2, -0.15) is 31.6 Å². The van der Waals surface area contributed by atoms with E-state index < -0.39 is 41.4 Å². The van der Waals surface area contributed by atoms with E-state index in [0.717, 1.165) is 36.4 Å². The molecule has 0 aromatic heterocycles. The minimum absolute atomic E-state index is 0.0422. The van der Waals surface area contributed by atoms with Crippen molar-refractivity contribution in [3.63, 3.8) is 0 Å². The summed E-state index contributed by atoms with van der Waals surface area (Å²) in [6.07, 6.45) is -9.27. The van der Waals surface area contributed by atoms with Crippen molar-refractivity contribution in [1.29, 1.82) is 5.26 Å². The number of benzene rings is 2. The molecule has 2 aromatic carbocycles. The molecule has 1 atom stereocenters. The normalized spacial score (nSPS) is 13.6. The van der Waals surface area contributed by atoms with Crippen molar-refractivity contribution >= 4 is 34.4 Å². The van der Waals surface area contributed by atoms with Crippen LogP contribution in [0.25, 0.3) is 0 Å². The van der Waals surface area contributed by atoms with Gasteiger partial charge in [0.15, 0.2) is 0 Å². The number of nitrogens with one attached hydrogen (secondary N) is 1. The highest BCUT2D eigenvalue weighted by Gasteiger charge is 2.36. The van der Waals surface area contributed by atoms with Gasteiger partial charge in [0.2, 0.25) is 0 Å². The Morgan fingerprint density at radius 3 is 2.09 bits per heavy atom. The third-order valence-electron chi connectivity index (χ3n) is 4.34. The Bertz CT molecular complexity index is 1060. The van der Waals surface area contributed by atoms with E-state index in [1.807, 2.05) is 0 Å². The number of rotatable bonds is 6. The number of nitrogens with zero attached hydrogens (tertiary/aromatic N) is 1. The lowest BCUT2D eigenvalue weighted by molar-refractivity contribution is -0.139. The predicted octanol–water partition coefficient (Wildman–Crippen LogP) is 4.98. The number of hydrogen-bond acceptors (Lipinski definition) is 4. The maximum absolute atomic E-state index is 13.3. The van der Waals surface area contributed by atoms with E-state index in [1.165, 1.54) is 6.92 Å². The fraction of sp³-hybridized carbons (Fsp3) is 0.250. The van der Waals surface area contributed by atoms with Crippen LogP contribution < -0.4 is 15.8 Å². The average molecular weight is 491 g/mol. The Morgan fingerprint density at radius 1 is 1.03 bits per heavy atom. The van der Waals surface area contributed by atoms with Gasteiger partial charge in [-0.1, -0.05) is 36.6 Å². The summed E-state index contributed by atoms with van der Waals surface area (Å²) in [6, 6.07) is 8.30. The van der Waals surface area contributed by atoms with Gasteiger partial charge in [-0.15, -0.1) is 0 Å². The fourth-order valence-electron chi connectivity index (χ4n) is 2.47. The van der Waals surface area contributed by atoms with Crippen LogP contribution in [0.1, 0.15) is 29.2 Å². The number of nitriles is 1. The second-order valence-corrected chi connectivity index (χ2v) is 7.68. The summed E-state index contributed by atoms with van der Waals surface area (Å²) in [4.78, 5) is -0.254. The molecule has 0 aliphatic rings. The third kappa shape index (κ3) is 6.08. The molecule has 2 aromatic rings. The van der Waals surface area contributed by atoms with Crippen LogP contribution >= 0.6 is 24.4 Å². The van der Waals surface area contributed by atoms with Crippen molar-refractivity contribution < 1.29 is 31.1 Å². The zero-order chi connectivity index (χ0) is 24.3. The first-order valence-corrected chi connectivity index (χ1v) is 9.53. The predicted molar refractivity (Wildman–Crippen MR) is 113 cm³/mol. The number of ether oxygens (including phenoxy) is 1. The first kappa shape index (κ1) is 25.4. The van der Waals surface area contributed by atoms with Gasteiger partial charge in [0.25, 0.3) is 0 Å². The van der Waals surface area contributed by atoms with Crippen molar-refractivity contribution in [2.75, 3.05) is 6.61 Å². The van der Waals surface area contributed by atoms with E-state index in [0.29, 0.717) is 6.07 Å². The first-order chi connectivity index (χ1) is 14.7. The van der Waals surface area contributed by atoms with Gasteiger partial charge in [0, 0.05) is 5.56 Å². The molecular formula is C20H15F6N3OS2. The molecule has 0 saturated heterocycles. The average Bonchev–Trinajstić information content (AvgIpc) is 2.70.